The standard InChI is InChI=1S/C11H22N2O3/c1-9(2)7-10(8-14)12-11(15)13-3-5-16-6-4-13/h9-10,14H,3-8H2,1-2H3,(H,12,15). The van der Waals surface area contributed by atoms with Crippen molar-refractivity contribution in [2.45, 2.75) is 26.3 Å². The highest BCUT2D eigenvalue weighted by atomic mass is 16.5. The fourth-order valence-electron chi connectivity index (χ4n) is 1.78. The number of urea groups is 1. The number of carbonyl (C=O) groups is 1. The van der Waals surface area contributed by atoms with E-state index in [1.54, 1.807) is 4.90 Å². The number of nitrogens with zero attached hydrogens (tertiary/aromatic N) is 1. The lowest BCUT2D eigenvalue weighted by molar-refractivity contribution is 0.0515. The number of aliphatic hydroxyl groups excluding tert-OH is 1. The minimum absolute atomic E-state index is 0.00569. The van der Waals surface area contributed by atoms with Crippen molar-refractivity contribution in [3.05, 3.63) is 0 Å². The van der Waals surface area contributed by atoms with Crippen LogP contribution in [0.25, 0.3) is 0 Å². The van der Waals surface area contributed by atoms with E-state index in [2.05, 4.69) is 19.2 Å². The van der Waals surface area contributed by atoms with Gasteiger partial charge in [0.05, 0.1) is 25.9 Å². The Labute approximate surface area is 96.8 Å². The maximum atomic E-state index is 11.8. The molecule has 0 spiro atoms. The Morgan fingerprint density at radius 1 is 1.44 bits per heavy atom. The molecule has 1 heterocycles. The zero-order valence-corrected chi connectivity index (χ0v) is 10.1. The molecule has 16 heavy (non-hydrogen) atoms. The lowest BCUT2D eigenvalue weighted by atomic mass is 10.0. The third-order valence-electron chi connectivity index (χ3n) is 2.60. The number of aliphatic hydroxyl groups is 1. The van der Waals surface area contributed by atoms with Crippen molar-refractivity contribution in [3.63, 3.8) is 0 Å². The van der Waals surface area contributed by atoms with Crippen LogP contribution in [0.1, 0.15) is 20.3 Å². The van der Waals surface area contributed by atoms with Gasteiger partial charge in [-0.3, -0.25) is 0 Å². The highest BCUT2D eigenvalue weighted by Gasteiger charge is 2.20. The van der Waals surface area contributed by atoms with E-state index in [9.17, 15) is 4.79 Å². The summed E-state index contributed by atoms with van der Waals surface area (Å²) >= 11 is 0. The normalized spacial score (nSPS) is 18.6. The number of hydrogen-bond acceptors (Lipinski definition) is 3. The number of ether oxygens (including phenoxy) is 1. The lowest BCUT2D eigenvalue weighted by Gasteiger charge is -2.29. The molecular formula is C11H22N2O3. The second-order valence-corrected chi connectivity index (χ2v) is 4.56. The smallest absolute Gasteiger partial charge is 0.317 e. The van der Waals surface area contributed by atoms with Gasteiger partial charge in [0.15, 0.2) is 0 Å². The molecule has 5 heteroatoms. The van der Waals surface area contributed by atoms with Gasteiger partial charge in [-0.15, -0.1) is 0 Å². The SMILES string of the molecule is CC(C)CC(CO)NC(=O)N1CCOCC1. The van der Waals surface area contributed by atoms with Crippen molar-refractivity contribution in [2.75, 3.05) is 32.9 Å². The van der Waals surface area contributed by atoms with Crippen LogP contribution in [-0.4, -0.2) is 55.0 Å². The van der Waals surface area contributed by atoms with Gasteiger partial charge in [-0.2, -0.15) is 0 Å². The molecule has 2 amide bonds. The molecule has 1 aliphatic heterocycles. The minimum Gasteiger partial charge on any atom is -0.394 e. The lowest BCUT2D eigenvalue weighted by Crippen LogP contribution is -2.50. The summed E-state index contributed by atoms with van der Waals surface area (Å²) in [6.45, 7) is 6.60. The number of morpholine rings is 1. The summed E-state index contributed by atoms with van der Waals surface area (Å²) in [5, 5.41) is 12.0. The van der Waals surface area contributed by atoms with Gasteiger partial charge in [0.25, 0.3) is 0 Å². The van der Waals surface area contributed by atoms with Gasteiger partial charge in [0, 0.05) is 13.1 Å². The summed E-state index contributed by atoms with van der Waals surface area (Å²) in [7, 11) is 0. The van der Waals surface area contributed by atoms with Crippen LogP contribution >= 0.6 is 0 Å². The average molecular weight is 230 g/mol. The molecule has 1 aliphatic rings. The summed E-state index contributed by atoms with van der Waals surface area (Å²) < 4.78 is 5.17. The molecule has 0 saturated carbocycles. The highest BCUT2D eigenvalue weighted by molar-refractivity contribution is 5.74. The van der Waals surface area contributed by atoms with Crippen molar-refractivity contribution < 1.29 is 14.6 Å². The Bertz CT molecular complexity index is 215. The summed E-state index contributed by atoms with van der Waals surface area (Å²) in [5.41, 5.74) is 0. The molecule has 1 unspecified atom stereocenters. The van der Waals surface area contributed by atoms with E-state index in [4.69, 9.17) is 9.84 Å². The molecule has 0 aromatic rings. The first-order valence-corrected chi connectivity index (χ1v) is 5.87. The number of hydrogen-bond donors (Lipinski definition) is 2. The molecule has 0 bridgehead atoms. The Hall–Kier alpha value is -0.810. The molecule has 1 atom stereocenters. The maximum Gasteiger partial charge on any atom is 0.317 e. The van der Waals surface area contributed by atoms with E-state index in [1.807, 2.05) is 0 Å². The van der Waals surface area contributed by atoms with Gasteiger partial charge in [-0.05, 0) is 12.3 Å². The Morgan fingerprint density at radius 2 is 2.06 bits per heavy atom. The van der Waals surface area contributed by atoms with Crippen LogP contribution < -0.4 is 5.32 Å². The Morgan fingerprint density at radius 3 is 2.56 bits per heavy atom. The second-order valence-electron chi connectivity index (χ2n) is 4.56. The van der Waals surface area contributed by atoms with Gasteiger partial charge in [-0.1, -0.05) is 13.8 Å². The summed E-state index contributed by atoms with van der Waals surface area (Å²) in [4.78, 5) is 13.5. The fraction of sp³-hybridized carbons (Fsp3) is 0.909. The maximum absolute atomic E-state index is 11.8. The van der Waals surface area contributed by atoms with E-state index in [1.165, 1.54) is 0 Å². The van der Waals surface area contributed by atoms with Crippen molar-refractivity contribution in [1.29, 1.82) is 0 Å². The van der Waals surface area contributed by atoms with Crippen molar-refractivity contribution >= 4 is 6.03 Å². The number of nitrogens with one attached hydrogen (secondary N) is 1. The third-order valence-corrected chi connectivity index (χ3v) is 2.60. The van der Waals surface area contributed by atoms with Crippen LogP contribution in [0.5, 0.6) is 0 Å². The van der Waals surface area contributed by atoms with Crippen LogP contribution in [0.3, 0.4) is 0 Å². The molecule has 1 rings (SSSR count). The number of carbonyl (C=O) groups excluding carboxylic acids is 1. The summed E-state index contributed by atoms with van der Waals surface area (Å²) in [5.74, 6) is 0.460. The molecule has 94 valence electrons. The molecule has 0 aromatic heterocycles. The van der Waals surface area contributed by atoms with Crippen LogP contribution in [0.2, 0.25) is 0 Å². The number of rotatable bonds is 4. The minimum atomic E-state index is -0.143. The largest absolute Gasteiger partial charge is 0.394 e. The van der Waals surface area contributed by atoms with E-state index in [0.29, 0.717) is 32.2 Å². The van der Waals surface area contributed by atoms with Crippen molar-refractivity contribution in [1.82, 2.24) is 10.2 Å². The predicted molar refractivity (Wildman–Crippen MR) is 61.3 cm³/mol. The molecule has 5 nitrogen and oxygen atoms in total. The first kappa shape index (κ1) is 13.3. The van der Waals surface area contributed by atoms with Crippen molar-refractivity contribution in [3.8, 4) is 0 Å². The van der Waals surface area contributed by atoms with E-state index < -0.39 is 0 Å². The fourth-order valence-corrected chi connectivity index (χ4v) is 1.78. The molecule has 1 saturated heterocycles. The van der Waals surface area contributed by atoms with E-state index in [0.717, 1.165) is 6.42 Å². The van der Waals surface area contributed by atoms with Gasteiger partial charge in [0.1, 0.15) is 0 Å². The highest BCUT2D eigenvalue weighted by Crippen LogP contribution is 2.05. The molecule has 0 radical (unpaired) electrons. The zero-order chi connectivity index (χ0) is 12.0. The molecular weight excluding hydrogens is 208 g/mol. The van der Waals surface area contributed by atoms with Gasteiger partial charge in [0.2, 0.25) is 0 Å². The van der Waals surface area contributed by atoms with E-state index in [-0.39, 0.29) is 18.7 Å². The molecule has 0 aromatic carbocycles. The monoisotopic (exact) mass is 230 g/mol. The summed E-state index contributed by atoms with van der Waals surface area (Å²) in [6, 6.07) is -0.238. The van der Waals surface area contributed by atoms with Crippen LogP contribution in [0.15, 0.2) is 0 Å². The van der Waals surface area contributed by atoms with Gasteiger partial charge in [-0.25, -0.2) is 4.79 Å². The van der Waals surface area contributed by atoms with Crippen LogP contribution in [-0.2, 0) is 4.74 Å². The van der Waals surface area contributed by atoms with E-state index >= 15 is 0 Å². The van der Waals surface area contributed by atoms with Crippen molar-refractivity contribution in [2.24, 2.45) is 5.92 Å². The Kier molecular flexibility index (Phi) is 5.55. The molecule has 2 N–H and O–H groups in total. The topological polar surface area (TPSA) is 61.8 Å². The first-order chi connectivity index (χ1) is 7.63. The zero-order valence-electron chi connectivity index (χ0n) is 10.1. The number of amides is 2. The molecule has 0 aliphatic carbocycles. The quantitative estimate of drug-likeness (QED) is 0.736. The van der Waals surface area contributed by atoms with Gasteiger partial charge >= 0.3 is 6.03 Å². The third kappa shape index (κ3) is 4.37. The second kappa shape index (κ2) is 6.70. The summed E-state index contributed by atoms with van der Waals surface area (Å²) in [6.07, 6.45) is 0.798. The van der Waals surface area contributed by atoms with Crippen LogP contribution in [0, 0.1) is 5.92 Å². The van der Waals surface area contributed by atoms with Gasteiger partial charge < -0.3 is 20.1 Å². The van der Waals surface area contributed by atoms with Crippen LogP contribution in [0.4, 0.5) is 4.79 Å². The first-order valence-electron chi connectivity index (χ1n) is 5.87. The Balaban J connectivity index is 2.35. The average Bonchev–Trinajstić information content (AvgIpc) is 2.28. The molecule has 1 fully saturated rings. The predicted octanol–water partition coefficient (Wildman–Crippen LogP) is 0.435.